The van der Waals surface area contributed by atoms with Gasteiger partial charge in [0.05, 0.1) is 6.54 Å². The molecule has 1 unspecified atom stereocenters. The summed E-state index contributed by atoms with van der Waals surface area (Å²) in [7, 11) is 0. The average molecular weight is 235 g/mol. The molecular weight excluding hydrogens is 221 g/mol. The molecule has 1 aromatic carbocycles. The van der Waals surface area contributed by atoms with Gasteiger partial charge in [0, 0.05) is 18.5 Å². The van der Waals surface area contributed by atoms with Crippen LogP contribution >= 0.6 is 0 Å². The largest absolute Gasteiger partial charge is 0.335 e. The van der Waals surface area contributed by atoms with E-state index in [0.29, 0.717) is 24.4 Å². The molecule has 0 bridgehead atoms. The van der Waals surface area contributed by atoms with E-state index >= 15 is 0 Å². The van der Waals surface area contributed by atoms with Gasteiger partial charge in [-0.05, 0) is 30.2 Å². The topological polar surface area (TPSA) is 37.4 Å². The highest BCUT2D eigenvalue weighted by atomic mass is 19.1. The van der Waals surface area contributed by atoms with Crippen molar-refractivity contribution in [3.8, 4) is 0 Å². The van der Waals surface area contributed by atoms with Crippen LogP contribution in [-0.4, -0.2) is 29.7 Å². The second-order valence-electron chi connectivity index (χ2n) is 4.51. The van der Waals surface area contributed by atoms with E-state index in [2.05, 4.69) is 0 Å². The first-order valence-electron chi connectivity index (χ1n) is 5.63. The van der Waals surface area contributed by atoms with E-state index in [-0.39, 0.29) is 24.1 Å². The number of benzene rings is 1. The number of nitrogens with zero attached hydrogens (tertiary/aromatic N) is 1. The fourth-order valence-electron chi connectivity index (χ4n) is 2.02. The number of carbonyl (C=O) groups excluding carboxylic acids is 2. The molecule has 1 aromatic rings. The van der Waals surface area contributed by atoms with Crippen LogP contribution in [-0.2, 0) is 4.79 Å². The number of rotatable bonds is 3. The Morgan fingerprint density at radius 3 is 2.59 bits per heavy atom. The van der Waals surface area contributed by atoms with Crippen LogP contribution in [0.1, 0.15) is 23.7 Å². The zero-order valence-electron chi connectivity index (χ0n) is 9.65. The van der Waals surface area contributed by atoms with Crippen LogP contribution in [0.4, 0.5) is 4.39 Å². The van der Waals surface area contributed by atoms with E-state index in [1.165, 1.54) is 24.3 Å². The first-order chi connectivity index (χ1) is 8.06. The van der Waals surface area contributed by atoms with Gasteiger partial charge in [0.1, 0.15) is 5.82 Å². The summed E-state index contributed by atoms with van der Waals surface area (Å²) < 4.78 is 12.7. The second kappa shape index (κ2) is 4.65. The van der Waals surface area contributed by atoms with Gasteiger partial charge < -0.3 is 4.90 Å². The number of amides is 1. The summed E-state index contributed by atoms with van der Waals surface area (Å²) in [5, 5.41) is 0. The lowest BCUT2D eigenvalue weighted by molar-refractivity contribution is -0.127. The minimum atomic E-state index is -0.368. The Kier molecular flexibility index (Phi) is 3.22. The number of ketones is 1. The summed E-state index contributed by atoms with van der Waals surface area (Å²) in [5.74, 6) is -0.184. The highest BCUT2D eigenvalue weighted by Gasteiger charge is 2.27. The maximum atomic E-state index is 12.7. The molecule has 17 heavy (non-hydrogen) atoms. The number of Topliss-reactive ketones (excluding diaryl/α,β-unsaturated/α-hetero) is 1. The molecule has 1 heterocycles. The fourth-order valence-corrected chi connectivity index (χ4v) is 2.02. The van der Waals surface area contributed by atoms with E-state index in [0.717, 1.165) is 0 Å². The van der Waals surface area contributed by atoms with Gasteiger partial charge >= 0.3 is 0 Å². The van der Waals surface area contributed by atoms with Crippen molar-refractivity contribution >= 4 is 11.7 Å². The molecule has 2 rings (SSSR count). The molecule has 0 radical (unpaired) electrons. The monoisotopic (exact) mass is 235 g/mol. The molecule has 1 amide bonds. The number of carbonyl (C=O) groups is 2. The lowest BCUT2D eigenvalue weighted by Crippen LogP contribution is -2.31. The van der Waals surface area contributed by atoms with Gasteiger partial charge in [-0.25, -0.2) is 4.39 Å². The van der Waals surface area contributed by atoms with E-state index in [4.69, 9.17) is 0 Å². The third kappa shape index (κ3) is 2.70. The summed E-state index contributed by atoms with van der Waals surface area (Å²) in [5.41, 5.74) is 0.443. The standard InChI is InChI=1S/C13H14FNO2/c1-9-6-13(17)15(7-9)8-12(16)10-2-4-11(14)5-3-10/h2-5,9H,6-8H2,1H3. The summed E-state index contributed by atoms with van der Waals surface area (Å²) in [6, 6.07) is 5.40. The van der Waals surface area contributed by atoms with Gasteiger partial charge in [-0.15, -0.1) is 0 Å². The number of halogens is 1. The Labute approximate surface area is 99.2 Å². The number of hydrogen-bond donors (Lipinski definition) is 0. The van der Waals surface area contributed by atoms with Crippen molar-refractivity contribution in [3.63, 3.8) is 0 Å². The molecule has 0 aliphatic carbocycles. The molecule has 3 nitrogen and oxygen atoms in total. The molecule has 90 valence electrons. The number of hydrogen-bond acceptors (Lipinski definition) is 2. The van der Waals surface area contributed by atoms with Crippen molar-refractivity contribution in [3.05, 3.63) is 35.6 Å². The van der Waals surface area contributed by atoms with Crippen LogP contribution in [0.3, 0.4) is 0 Å². The molecule has 0 N–H and O–H groups in total. The first kappa shape index (κ1) is 11.8. The Bertz CT molecular complexity index is 441. The minimum absolute atomic E-state index is 0.0213. The van der Waals surface area contributed by atoms with Crippen molar-refractivity contribution in [2.45, 2.75) is 13.3 Å². The van der Waals surface area contributed by atoms with E-state index < -0.39 is 0 Å². The van der Waals surface area contributed by atoms with E-state index in [1.54, 1.807) is 4.90 Å². The average Bonchev–Trinajstić information content (AvgIpc) is 2.58. The lowest BCUT2D eigenvalue weighted by atomic mass is 10.1. The Morgan fingerprint density at radius 1 is 1.41 bits per heavy atom. The van der Waals surface area contributed by atoms with Crippen LogP contribution in [0.5, 0.6) is 0 Å². The molecule has 1 fully saturated rings. The molecule has 1 aliphatic heterocycles. The Hall–Kier alpha value is -1.71. The molecule has 4 heteroatoms. The highest BCUT2D eigenvalue weighted by molar-refractivity contribution is 5.99. The molecule has 0 spiro atoms. The van der Waals surface area contributed by atoms with Gasteiger partial charge in [0.2, 0.25) is 5.91 Å². The van der Waals surface area contributed by atoms with Crippen molar-refractivity contribution < 1.29 is 14.0 Å². The van der Waals surface area contributed by atoms with Crippen LogP contribution in [0.15, 0.2) is 24.3 Å². The quantitative estimate of drug-likeness (QED) is 0.750. The van der Waals surface area contributed by atoms with Crippen LogP contribution in [0.25, 0.3) is 0 Å². The molecule has 1 saturated heterocycles. The summed E-state index contributed by atoms with van der Waals surface area (Å²) in [4.78, 5) is 24.9. The lowest BCUT2D eigenvalue weighted by Gasteiger charge is -2.14. The number of likely N-dealkylation sites (tertiary alicyclic amines) is 1. The van der Waals surface area contributed by atoms with Crippen molar-refractivity contribution in [2.75, 3.05) is 13.1 Å². The predicted octanol–water partition coefficient (Wildman–Crippen LogP) is 1.88. The summed E-state index contributed by atoms with van der Waals surface area (Å²) in [6.45, 7) is 2.71. The molecular formula is C13H14FNO2. The Balaban J connectivity index is 2.02. The summed E-state index contributed by atoms with van der Waals surface area (Å²) in [6.07, 6.45) is 0.511. The molecule has 1 aliphatic rings. The van der Waals surface area contributed by atoms with Gasteiger partial charge in [0.25, 0.3) is 0 Å². The molecule has 0 saturated carbocycles. The maximum Gasteiger partial charge on any atom is 0.223 e. The van der Waals surface area contributed by atoms with E-state index in [1.807, 2.05) is 6.92 Å². The predicted molar refractivity (Wildman–Crippen MR) is 61.1 cm³/mol. The third-order valence-electron chi connectivity index (χ3n) is 2.91. The SMILES string of the molecule is CC1CC(=O)N(CC(=O)c2ccc(F)cc2)C1. The van der Waals surface area contributed by atoms with Crippen molar-refractivity contribution in [2.24, 2.45) is 5.92 Å². The molecule has 0 aromatic heterocycles. The third-order valence-corrected chi connectivity index (χ3v) is 2.91. The molecule has 1 atom stereocenters. The van der Waals surface area contributed by atoms with Gasteiger partial charge in [-0.2, -0.15) is 0 Å². The Morgan fingerprint density at radius 2 is 2.06 bits per heavy atom. The zero-order chi connectivity index (χ0) is 12.4. The van der Waals surface area contributed by atoms with Gasteiger partial charge in [0.15, 0.2) is 5.78 Å². The van der Waals surface area contributed by atoms with Crippen LogP contribution in [0, 0.1) is 11.7 Å². The fraction of sp³-hybridized carbons (Fsp3) is 0.385. The van der Waals surface area contributed by atoms with Gasteiger partial charge in [-0.3, -0.25) is 9.59 Å². The van der Waals surface area contributed by atoms with Crippen molar-refractivity contribution in [1.82, 2.24) is 4.90 Å². The minimum Gasteiger partial charge on any atom is -0.335 e. The van der Waals surface area contributed by atoms with E-state index in [9.17, 15) is 14.0 Å². The maximum absolute atomic E-state index is 12.7. The normalized spacial score (nSPS) is 19.8. The summed E-state index contributed by atoms with van der Waals surface area (Å²) >= 11 is 0. The first-order valence-corrected chi connectivity index (χ1v) is 5.63. The zero-order valence-corrected chi connectivity index (χ0v) is 9.65. The van der Waals surface area contributed by atoms with Crippen LogP contribution in [0.2, 0.25) is 0 Å². The second-order valence-corrected chi connectivity index (χ2v) is 4.51. The van der Waals surface area contributed by atoms with Crippen molar-refractivity contribution in [1.29, 1.82) is 0 Å². The highest BCUT2D eigenvalue weighted by Crippen LogP contribution is 2.17. The van der Waals surface area contributed by atoms with Crippen LogP contribution < -0.4 is 0 Å². The van der Waals surface area contributed by atoms with Gasteiger partial charge in [-0.1, -0.05) is 6.92 Å². The smallest absolute Gasteiger partial charge is 0.223 e.